The van der Waals surface area contributed by atoms with E-state index in [1.54, 1.807) is 0 Å². The van der Waals surface area contributed by atoms with Crippen molar-refractivity contribution in [3.05, 3.63) is 12.2 Å². The van der Waals surface area contributed by atoms with Crippen LogP contribution in [0, 0.1) is 5.92 Å². The number of fused-ring (bicyclic) bond motifs is 6. The zero-order valence-electron chi connectivity index (χ0n) is 8.24. The molecule has 2 fully saturated rings. The van der Waals surface area contributed by atoms with Gasteiger partial charge < -0.3 is 9.84 Å². The molecule has 5 atom stereocenters. The van der Waals surface area contributed by atoms with Crippen molar-refractivity contribution in [2.24, 2.45) is 5.92 Å². The number of halogens is 1. The summed E-state index contributed by atoms with van der Waals surface area (Å²) >= 11 is 6.56. The second-order valence-corrected chi connectivity index (χ2v) is 5.59. The average molecular weight is 215 g/mol. The van der Waals surface area contributed by atoms with E-state index in [-0.39, 0.29) is 12.0 Å². The number of rotatable bonds is 0. The fraction of sp³-hybridized carbons (Fsp3) is 0.818. The number of hydrogen-bond donors (Lipinski definition) is 1. The molecular weight excluding hydrogens is 200 g/mol. The molecule has 4 bridgehead atoms. The molecule has 0 aromatic heterocycles. The lowest BCUT2D eigenvalue weighted by Crippen LogP contribution is -2.65. The number of aliphatic hydroxyl groups excluding tert-OH is 1. The number of ether oxygens (including phenoxy) is 1. The summed E-state index contributed by atoms with van der Waals surface area (Å²) in [7, 11) is 0. The van der Waals surface area contributed by atoms with E-state index in [1.807, 2.05) is 13.0 Å². The van der Waals surface area contributed by atoms with Crippen LogP contribution in [0.2, 0.25) is 0 Å². The third-order valence-electron chi connectivity index (χ3n) is 4.18. The van der Waals surface area contributed by atoms with Crippen LogP contribution >= 0.6 is 11.6 Å². The van der Waals surface area contributed by atoms with Gasteiger partial charge in [-0.05, 0) is 19.8 Å². The van der Waals surface area contributed by atoms with E-state index in [1.165, 1.54) is 0 Å². The molecule has 2 heterocycles. The van der Waals surface area contributed by atoms with E-state index in [9.17, 15) is 5.11 Å². The molecule has 5 unspecified atom stereocenters. The van der Waals surface area contributed by atoms with Gasteiger partial charge in [-0.3, -0.25) is 0 Å². The predicted molar refractivity (Wildman–Crippen MR) is 54.3 cm³/mol. The van der Waals surface area contributed by atoms with Crippen molar-refractivity contribution in [1.82, 2.24) is 0 Å². The molecule has 0 spiro atoms. The number of aliphatic hydroxyl groups is 1. The maximum atomic E-state index is 10.2. The molecule has 2 aliphatic heterocycles. The topological polar surface area (TPSA) is 29.5 Å². The highest BCUT2D eigenvalue weighted by Gasteiger charge is 2.63. The summed E-state index contributed by atoms with van der Waals surface area (Å²) in [6, 6.07) is 0. The smallest absolute Gasteiger partial charge is 0.106 e. The van der Waals surface area contributed by atoms with Crippen molar-refractivity contribution < 1.29 is 9.84 Å². The molecule has 14 heavy (non-hydrogen) atoms. The van der Waals surface area contributed by atoms with Gasteiger partial charge in [0.1, 0.15) is 10.5 Å². The monoisotopic (exact) mass is 214 g/mol. The van der Waals surface area contributed by atoms with E-state index >= 15 is 0 Å². The standard InChI is InChI=1S/C11H15ClO2/c1-10-6-4-8(14-10)7-3-2-5-11(10,12)9(7)13/h4,6-9,13H,2-3,5H2,1H3. The third kappa shape index (κ3) is 0.854. The minimum absolute atomic E-state index is 0.0853. The highest BCUT2D eigenvalue weighted by atomic mass is 35.5. The highest BCUT2D eigenvalue weighted by molar-refractivity contribution is 6.25. The Morgan fingerprint density at radius 3 is 3.14 bits per heavy atom. The summed E-state index contributed by atoms with van der Waals surface area (Å²) in [6.07, 6.45) is 6.75. The van der Waals surface area contributed by atoms with Crippen LogP contribution in [0.3, 0.4) is 0 Å². The molecule has 1 N–H and O–H groups in total. The Kier molecular flexibility index (Phi) is 1.67. The van der Waals surface area contributed by atoms with Crippen LogP contribution in [0.1, 0.15) is 26.2 Å². The lowest BCUT2D eigenvalue weighted by Gasteiger charge is -2.54. The summed E-state index contributed by atoms with van der Waals surface area (Å²) in [5, 5.41) is 10.2. The minimum atomic E-state index is -0.598. The van der Waals surface area contributed by atoms with Crippen molar-refractivity contribution in [3.8, 4) is 0 Å². The van der Waals surface area contributed by atoms with Gasteiger partial charge in [-0.1, -0.05) is 18.6 Å². The predicted octanol–water partition coefficient (Wildman–Crippen LogP) is 1.85. The maximum Gasteiger partial charge on any atom is 0.106 e. The molecule has 0 radical (unpaired) electrons. The lowest BCUT2D eigenvalue weighted by atomic mass is 9.68. The molecule has 3 aliphatic rings. The summed E-state index contributed by atoms with van der Waals surface area (Å²) in [6.45, 7) is 1.99. The number of alkyl halides is 1. The van der Waals surface area contributed by atoms with Gasteiger partial charge in [0.05, 0.1) is 12.2 Å². The van der Waals surface area contributed by atoms with Gasteiger partial charge in [-0.25, -0.2) is 0 Å². The Morgan fingerprint density at radius 1 is 1.57 bits per heavy atom. The van der Waals surface area contributed by atoms with Crippen molar-refractivity contribution in [2.75, 3.05) is 0 Å². The molecule has 3 rings (SSSR count). The van der Waals surface area contributed by atoms with Gasteiger partial charge in [0.25, 0.3) is 0 Å². The quantitative estimate of drug-likeness (QED) is 0.493. The van der Waals surface area contributed by atoms with Crippen molar-refractivity contribution in [3.63, 3.8) is 0 Å². The highest BCUT2D eigenvalue weighted by Crippen LogP contribution is 2.55. The van der Waals surface area contributed by atoms with Gasteiger partial charge in [0, 0.05) is 5.92 Å². The van der Waals surface area contributed by atoms with Crippen LogP contribution in [-0.2, 0) is 4.74 Å². The zero-order valence-corrected chi connectivity index (χ0v) is 9.00. The Balaban J connectivity index is 2.10. The zero-order chi connectivity index (χ0) is 9.97. The number of hydrogen-bond acceptors (Lipinski definition) is 2. The average Bonchev–Trinajstić information content (AvgIpc) is 2.52. The summed E-state index contributed by atoms with van der Waals surface area (Å²) < 4.78 is 5.92. The molecule has 0 aromatic carbocycles. The minimum Gasteiger partial charge on any atom is -0.391 e. The first-order valence-electron chi connectivity index (χ1n) is 5.31. The van der Waals surface area contributed by atoms with Crippen LogP contribution in [0.5, 0.6) is 0 Å². The second-order valence-electron chi connectivity index (χ2n) is 4.91. The van der Waals surface area contributed by atoms with Crippen LogP contribution in [-0.4, -0.2) is 27.8 Å². The second kappa shape index (κ2) is 2.55. The van der Waals surface area contributed by atoms with E-state index in [2.05, 4.69) is 6.08 Å². The molecule has 2 nitrogen and oxygen atoms in total. The first kappa shape index (κ1) is 9.20. The van der Waals surface area contributed by atoms with E-state index in [0.29, 0.717) is 0 Å². The summed E-state index contributed by atoms with van der Waals surface area (Å²) in [4.78, 5) is -0.598. The van der Waals surface area contributed by atoms with Crippen molar-refractivity contribution in [2.45, 2.75) is 48.9 Å². The molecule has 0 amide bonds. The molecule has 3 heteroatoms. The van der Waals surface area contributed by atoms with E-state index in [0.717, 1.165) is 19.3 Å². The fourth-order valence-electron chi connectivity index (χ4n) is 3.23. The Hall–Kier alpha value is -0.0500. The SMILES string of the molecule is CC12C=CC(O1)C1CCCC2(Cl)C1O. The Labute approximate surface area is 88.9 Å². The molecule has 1 aliphatic carbocycles. The largest absolute Gasteiger partial charge is 0.391 e. The summed E-state index contributed by atoms with van der Waals surface area (Å²) in [5.74, 6) is 0.202. The first-order valence-corrected chi connectivity index (χ1v) is 5.69. The van der Waals surface area contributed by atoms with Gasteiger partial charge in [-0.2, -0.15) is 0 Å². The first-order chi connectivity index (χ1) is 6.57. The van der Waals surface area contributed by atoms with Crippen LogP contribution in [0.25, 0.3) is 0 Å². The molecular formula is C11H15ClO2. The molecule has 0 aromatic rings. The lowest BCUT2D eigenvalue weighted by molar-refractivity contribution is -0.177. The summed E-state index contributed by atoms with van der Waals surface area (Å²) in [5.41, 5.74) is -0.463. The van der Waals surface area contributed by atoms with Crippen molar-refractivity contribution >= 4 is 11.6 Å². The van der Waals surface area contributed by atoms with E-state index in [4.69, 9.17) is 16.3 Å². The van der Waals surface area contributed by atoms with Crippen LogP contribution < -0.4 is 0 Å². The normalized spacial score (nSPS) is 60.4. The Morgan fingerprint density at radius 2 is 2.36 bits per heavy atom. The van der Waals surface area contributed by atoms with Gasteiger partial charge in [-0.15, -0.1) is 11.6 Å². The molecule has 1 saturated carbocycles. The maximum absolute atomic E-state index is 10.2. The fourth-order valence-corrected chi connectivity index (χ4v) is 3.64. The van der Waals surface area contributed by atoms with E-state index < -0.39 is 16.6 Å². The van der Waals surface area contributed by atoms with Crippen molar-refractivity contribution in [1.29, 1.82) is 0 Å². The van der Waals surface area contributed by atoms with Crippen LogP contribution in [0.15, 0.2) is 12.2 Å². The third-order valence-corrected chi connectivity index (χ3v) is 4.97. The van der Waals surface area contributed by atoms with Gasteiger partial charge in [0.2, 0.25) is 0 Å². The van der Waals surface area contributed by atoms with Gasteiger partial charge in [0.15, 0.2) is 0 Å². The molecule has 78 valence electrons. The Bertz CT molecular complexity index is 304. The van der Waals surface area contributed by atoms with Crippen LogP contribution in [0.4, 0.5) is 0 Å². The molecule has 1 saturated heterocycles. The van der Waals surface area contributed by atoms with Gasteiger partial charge >= 0.3 is 0 Å².